The zero-order valence-corrected chi connectivity index (χ0v) is 17.2. The fraction of sp³-hybridized carbons (Fsp3) is 0.458. The largest absolute Gasteiger partial charge is 0.497 e. The summed E-state index contributed by atoms with van der Waals surface area (Å²) in [5, 5.41) is 3.06. The third kappa shape index (κ3) is 5.51. The Morgan fingerprint density at radius 3 is 2.64 bits per heavy atom. The van der Waals surface area contributed by atoms with E-state index in [0.717, 1.165) is 37.1 Å². The highest BCUT2D eigenvalue weighted by Gasteiger charge is 2.16. The zero-order chi connectivity index (χ0) is 19.8. The van der Waals surface area contributed by atoms with E-state index in [9.17, 15) is 4.79 Å². The Balaban J connectivity index is 1.43. The molecule has 1 aliphatic rings. The van der Waals surface area contributed by atoms with Crippen LogP contribution in [0, 0.1) is 0 Å². The first-order valence-electron chi connectivity index (χ1n) is 10.5. The van der Waals surface area contributed by atoms with Crippen molar-refractivity contribution in [2.24, 2.45) is 0 Å². The number of hydrogen-bond acceptors (Lipinski definition) is 3. The Hall–Kier alpha value is -2.49. The molecule has 0 atom stereocenters. The monoisotopic (exact) mass is 380 g/mol. The Morgan fingerprint density at radius 2 is 1.89 bits per heavy atom. The van der Waals surface area contributed by atoms with Crippen molar-refractivity contribution in [3.8, 4) is 5.75 Å². The van der Waals surface area contributed by atoms with Crippen molar-refractivity contribution < 1.29 is 9.53 Å². The predicted molar refractivity (Wildman–Crippen MR) is 115 cm³/mol. The van der Waals surface area contributed by atoms with E-state index in [1.54, 1.807) is 7.11 Å². The Labute approximate surface area is 168 Å². The fourth-order valence-corrected chi connectivity index (χ4v) is 3.87. The van der Waals surface area contributed by atoms with Crippen LogP contribution in [-0.4, -0.2) is 32.7 Å². The molecular weight excluding hydrogens is 348 g/mol. The molecule has 4 heteroatoms. The van der Waals surface area contributed by atoms with Gasteiger partial charge in [0.25, 0.3) is 0 Å². The lowest BCUT2D eigenvalue weighted by Crippen LogP contribution is -2.30. The lowest BCUT2D eigenvalue weighted by molar-refractivity contribution is -0.121. The van der Waals surface area contributed by atoms with Gasteiger partial charge in [-0.2, -0.15) is 0 Å². The SMILES string of the molecule is CCCN1CCCc2cc(CCNC(=O)CCc3ccc(OC)cc3)ccc21. The number of fused-ring (bicyclic) bond motifs is 1. The minimum Gasteiger partial charge on any atom is -0.497 e. The van der Waals surface area contributed by atoms with E-state index in [1.165, 1.54) is 36.2 Å². The lowest BCUT2D eigenvalue weighted by Gasteiger charge is -2.31. The number of rotatable bonds is 9. The number of nitrogens with one attached hydrogen (secondary N) is 1. The molecule has 28 heavy (non-hydrogen) atoms. The highest BCUT2D eigenvalue weighted by atomic mass is 16.5. The first kappa shape index (κ1) is 20.2. The number of carbonyl (C=O) groups is 1. The van der Waals surface area contributed by atoms with E-state index in [-0.39, 0.29) is 5.91 Å². The third-order valence-electron chi connectivity index (χ3n) is 5.39. The van der Waals surface area contributed by atoms with Crippen molar-refractivity contribution in [3.05, 3.63) is 59.2 Å². The van der Waals surface area contributed by atoms with Crippen molar-refractivity contribution in [2.75, 3.05) is 31.6 Å². The second kappa shape index (κ2) is 10.2. The molecule has 3 rings (SSSR count). The maximum Gasteiger partial charge on any atom is 0.220 e. The first-order chi connectivity index (χ1) is 13.7. The van der Waals surface area contributed by atoms with Crippen LogP contribution in [0.5, 0.6) is 5.75 Å². The third-order valence-corrected chi connectivity index (χ3v) is 5.39. The molecule has 0 saturated carbocycles. The van der Waals surface area contributed by atoms with Gasteiger partial charge in [-0.3, -0.25) is 4.79 Å². The molecule has 0 fully saturated rings. The predicted octanol–water partition coefficient (Wildman–Crippen LogP) is 4.15. The number of anilines is 1. The van der Waals surface area contributed by atoms with E-state index in [4.69, 9.17) is 4.74 Å². The Kier molecular flexibility index (Phi) is 7.35. The van der Waals surface area contributed by atoms with Gasteiger partial charge in [-0.15, -0.1) is 0 Å². The van der Waals surface area contributed by atoms with Crippen LogP contribution in [0.4, 0.5) is 5.69 Å². The molecule has 4 nitrogen and oxygen atoms in total. The molecule has 0 unspecified atom stereocenters. The Bertz CT molecular complexity index is 771. The van der Waals surface area contributed by atoms with Crippen molar-refractivity contribution in [2.45, 2.75) is 45.4 Å². The molecule has 150 valence electrons. The molecule has 1 heterocycles. The average Bonchev–Trinajstić information content (AvgIpc) is 2.73. The number of carbonyl (C=O) groups excluding carboxylic acids is 1. The van der Waals surface area contributed by atoms with Crippen LogP contribution >= 0.6 is 0 Å². The molecule has 0 saturated heterocycles. The maximum absolute atomic E-state index is 12.1. The minimum absolute atomic E-state index is 0.114. The fourth-order valence-electron chi connectivity index (χ4n) is 3.87. The average molecular weight is 381 g/mol. The quantitative estimate of drug-likeness (QED) is 0.711. The second-order valence-electron chi connectivity index (χ2n) is 7.50. The van der Waals surface area contributed by atoms with E-state index in [0.29, 0.717) is 13.0 Å². The summed E-state index contributed by atoms with van der Waals surface area (Å²) in [6.45, 7) is 5.24. The normalized spacial score (nSPS) is 13.1. The molecule has 0 radical (unpaired) electrons. The van der Waals surface area contributed by atoms with Crippen molar-refractivity contribution in [1.29, 1.82) is 0 Å². The number of amides is 1. The van der Waals surface area contributed by atoms with Gasteiger partial charge in [0, 0.05) is 31.7 Å². The minimum atomic E-state index is 0.114. The van der Waals surface area contributed by atoms with Gasteiger partial charge in [0.1, 0.15) is 5.75 Å². The van der Waals surface area contributed by atoms with Gasteiger partial charge in [0.2, 0.25) is 5.91 Å². The van der Waals surface area contributed by atoms with Crippen molar-refractivity contribution in [3.63, 3.8) is 0 Å². The zero-order valence-electron chi connectivity index (χ0n) is 17.2. The van der Waals surface area contributed by atoms with Crippen LogP contribution < -0.4 is 15.0 Å². The van der Waals surface area contributed by atoms with Gasteiger partial charge in [-0.1, -0.05) is 31.2 Å². The molecule has 1 aliphatic heterocycles. The number of methoxy groups -OCH3 is 1. The van der Waals surface area contributed by atoms with Crippen LogP contribution in [0.1, 0.15) is 42.9 Å². The van der Waals surface area contributed by atoms with Gasteiger partial charge >= 0.3 is 0 Å². The molecule has 0 spiro atoms. The highest BCUT2D eigenvalue weighted by molar-refractivity contribution is 5.76. The van der Waals surface area contributed by atoms with E-state index >= 15 is 0 Å². The second-order valence-corrected chi connectivity index (χ2v) is 7.50. The number of ether oxygens (including phenoxy) is 1. The van der Waals surface area contributed by atoms with Gasteiger partial charge in [-0.25, -0.2) is 0 Å². The molecule has 2 aromatic rings. The van der Waals surface area contributed by atoms with E-state index < -0.39 is 0 Å². The maximum atomic E-state index is 12.1. The van der Waals surface area contributed by atoms with Crippen LogP contribution in [0.3, 0.4) is 0 Å². The van der Waals surface area contributed by atoms with E-state index in [2.05, 4.69) is 35.3 Å². The van der Waals surface area contributed by atoms with Gasteiger partial charge in [0.05, 0.1) is 7.11 Å². The number of benzene rings is 2. The highest BCUT2D eigenvalue weighted by Crippen LogP contribution is 2.28. The summed E-state index contributed by atoms with van der Waals surface area (Å²) in [7, 11) is 1.66. The summed E-state index contributed by atoms with van der Waals surface area (Å²) in [5.74, 6) is 0.957. The molecular formula is C24H32N2O2. The van der Waals surface area contributed by atoms with Crippen LogP contribution in [0.25, 0.3) is 0 Å². The summed E-state index contributed by atoms with van der Waals surface area (Å²) < 4.78 is 5.16. The molecule has 1 N–H and O–H groups in total. The van der Waals surface area contributed by atoms with Gasteiger partial charge in [-0.05, 0) is 67.0 Å². The first-order valence-corrected chi connectivity index (χ1v) is 10.5. The Morgan fingerprint density at radius 1 is 1.11 bits per heavy atom. The molecule has 2 aromatic carbocycles. The smallest absolute Gasteiger partial charge is 0.220 e. The van der Waals surface area contributed by atoms with Crippen LogP contribution in [-0.2, 0) is 24.1 Å². The van der Waals surface area contributed by atoms with E-state index in [1.807, 2.05) is 24.3 Å². The number of hydrogen-bond donors (Lipinski definition) is 1. The molecule has 0 bridgehead atoms. The van der Waals surface area contributed by atoms with Crippen LogP contribution in [0.15, 0.2) is 42.5 Å². The topological polar surface area (TPSA) is 41.6 Å². The van der Waals surface area contributed by atoms with Crippen molar-refractivity contribution >= 4 is 11.6 Å². The summed E-state index contributed by atoms with van der Waals surface area (Å²) >= 11 is 0. The van der Waals surface area contributed by atoms with Crippen LogP contribution in [0.2, 0.25) is 0 Å². The molecule has 1 amide bonds. The molecule has 0 aromatic heterocycles. The molecule has 0 aliphatic carbocycles. The van der Waals surface area contributed by atoms with Gasteiger partial charge < -0.3 is 15.0 Å². The van der Waals surface area contributed by atoms with Crippen molar-refractivity contribution in [1.82, 2.24) is 5.32 Å². The summed E-state index contributed by atoms with van der Waals surface area (Å²) in [5.41, 5.74) is 5.33. The summed E-state index contributed by atoms with van der Waals surface area (Å²) in [6, 6.07) is 14.7. The summed E-state index contributed by atoms with van der Waals surface area (Å²) in [6.07, 6.45) is 5.74. The summed E-state index contributed by atoms with van der Waals surface area (Å²) in [4.78, 5) is 14.6. The van der Waals surface area contributed by atoms with Gasteiger partial charge in [0.15, 0.2) is 0 Å². The lowest BCUT2D eigenvalue weighted by atomic mass is 9.98. The standard InChI is InChI=1S/C24H32N2O2/c1-3-16-26-17-4-5-21-18-20(8-12-23(21)26)14-15-25-24(27)13-9-19-6-10-22(28-2)11-7-19/h6-8,10-12,18H,3-5,9,13-17H2,1-2H3,(H,25,27). The number of aryl methyl sites for hydroxylation is 2. The number of nitrogens with zero attached hydrogens (tertiary/aromatic N) is 1.